The number of likely N-dealkylation sites (N-methyl/N-ethyl adjacent to an activating group) is 1. The van der Waals surface area contributed by atoms with Gasteiger partial charge in [0, 0.05) is 71.5 Å². The number of nitrogens with zero attached hydrogens (tertiary/aromatic N) is 3. The van der Waals surface area contributed by atoms with Gasteiger partial charge in [0.2, 0.25) is 0 Å². The Morgan fingerprint density at radius 1 is 1.13 bits per heavy atom. The predicted octanol–water partition coefficient (Wildman–Crippen LogP) is 1.28. The third-order valence-corrected chi connectivity index (χ3v) is 6.55. The van der Waals surface area contributed by atoms with Gasteiger partial charge in [-0.25, -0.2) is 0 Å². The summed E-state index contributed by atoms with van der Waals surface area (Å²) < 4.78 is 5.59. The molecule has 2 saturated heterocycles. The van der Waals surface area contributed by atoms with E-state index < -0.39 is 0 Å². The van der Waals surface area contributed by atoms with Crippen LogP contribution in [0.2, 0.25) is 0 Å². The van der Waals surface area contributed by atoms with Gasteiger partial charge in [0.1, 0.15) is 0 Å². The topological polar surface area (TPSA) is 72.4 Å². The summed E-state index contributed by atoms with van der Waals surface area (Å²) in [6, 6.07) is 8.69. The Labute approximate surface area is 181 Å². The molecule has 0 saturated carbocycles. The SMILES string of the molecule is CCN1CCN(Cc2ccccc2CNC(=NC)NCC2(CCO)CCOC2)CC1. The van der Waals surface area contributed by atoms with Crippen molar-refractivity contribution >= 4 is 5.96 Å². The fraction of sp³-hybridized carbons (Fsp3) is 0.696. The number of aliphatic hydroxyl groups excluding tert-OH is 1. The van der Waals surface area contributed by atoms with E-state index in [1.807, 2.05) is 0 Å². The van der Waals surface area contributed by atoms with Crippen LogP contribution in [0.3, 0.4) is 0 Å². The van der Waals surface area contributed by atoms with Crippen molar-refractivity contribution in [3.63, 3.8) is 0 Å². The van der Waals surface area contributed by atoms with Crippen LogP contribution in [-0.4, -0.2) is 87.0 Å². The molecule has 2 aliphatic rings. The Morgan fingerprint density at radius 3 is 2.50 bits per heavy atom. The van der Waals surface area contributed by atoms with Gasteiger partial charge in [-0.3, -0.25) is 9.89 Å². The van der Waals surface area contributed by atoms with Crippen molar-refractivity contribution in [3.8, 4) is 0 Å². The molecule has 2 aliphatic heterocycles. The van der Waals surface area contributed by atoms with E-state index in [2.05, 4.69) is 56.6 Å². The molecule has 2 heterocycles. The first-order chi connectivity index (χ1) is 14.7. The molecule has 0 bridgehead atoms. The Kier molecular flexibility index (Phi) is 8.93. The van der Waals surface area contributed by atoms with Crippen molar-refractivity contribution in [2.24, 2.45) is 10.4 Å². The fourth-order valence-corrected chi connectivity index (χ4v) is 4.37. The van der Waals surface area contributed by atoms with Crippen LogP contribution in [-0.2, 0) is 17.8 Å². The number of rotatable bonds is 9. The molecule has 1 aromatic rings. The van der Waals surface area contributed by atoms with Gasteiger partial charge in [0.25, 0.3) is 0 Å². The van der Waals surface area contributed by atoms with E-state index in [1.165, 1.54) is 11.1 Å². The lowest BCUT2D eigenvalue weighted by molar-refractivity contribution is 0.127. The number of benzene rings is 1. The highest BCUT2D eigenvalue weighted by atomic mass is 16.5. The molecule has 7 nitrogen and oxygen atoms in total. The second kappa shape index (κ2) is 11.6. The van der Waals surface area contributed by atoms with Crippen LogP contribution in [0, 0.1) is 5.41 Å². The van der Waals surface area contributed by atoms with Gasteiger partial charge >= 0.3 is 0 Å². The van der Waals surface area contributed by atoms with Crippen LogP contribution in [0.15, 0.2) is 29.3 Å². The first-order valence-electron chi connectivity index (χ1n) is 11.3. The van der Waals surface area contributed by atoms with E-state index in [9.17, 15) is 5.11 Å². The van der Waals surface area contributed by atoms with Crippen LogP contribution in [0.25, 0.3) is 0 Å². The van der Waals surface area contributed by atoms with E-state index in [0.717, 1.165) is 77.8 Å². The third-order valence-electron chi connectivity index (χ3n) is 6.55. The summed E-state index contributed by atoms with van der Waals surface area (Å²) in [6.07, 6.45) is 1.73. The van der Waals surface area contributed by atoms with E-state index in [1.54, 1.807) is 7.05 Å². The average molecular weight is 418 g/mol. The number of ether oxygens (including phenoxy) is 1. The van der Waals surface area contributed by atoms with Crippen molar-refractivity contribution in [2.45, 2.75) is 32.9 Å². The number of hydrogen-bond acceptors (Lipinski definition) is 5. The van der Waals surface area contributed by atoms with Crippen LogP contribution < -0.4 is 10.6 Å². The molecule has 30 heavy (non-hydrogen) atoms. The molecule has 0 aromatic heterocycles. The summed E-state index contributed by atoms with van der Waals surface area (Å²) in [7, 11) is 1.80. The van der Waals surface area contributed by atoms with Gasteiger partial charge in [-0.2, -0.15) is 0 Å². The molecular weight excluding hydrogens is 378 g/mol. The van der Waals surface area contributed by atoms with E-state index in [4.69, 9.17) is 4.74 Å². The number of aliphatic hydroxyl groups is 1. The van der Waals surface area contributed by atoms with Crippen LogP contribution in [0.1, 0.15) is 30.9 Å². The number of piperazine rings is 1. The Hall–Kier alpha value is -1.67. The maximum atomic E-state index is 9.42. The van der Waals surface area contributed by atoms with Gasteiger partial charge in [0.15, 0.2) is 5.96 Å². The average Bonchev–Trinajstić information content (AvgIpc) is 3.24. The minimum absolute atomic E-state index is 0.00487. The quantitative estimate of drug-likeness (QED) is 0.415. The summed E-state index contributed by atoms with van der Waals surface area (Å²) in [6.45, 7) is 12.1. The minimum Gasteiger partial charge on any atom is -0.396 e. The van der Waals surface area contributed by atoms with Crippen molar-refractivity contribution in [1.82, 2.24) is 20.4 Å². The molecule has 0 aliphatic carbocycles. The maximum absolute atomic E-state index is 9.42. The Morgan fingerprint density at radius 2 is 1.87 bits per heavy atom. The number of nitrogens with one attached hydrogen (secondary N) is 2. The zero-order valence-electron chi connectivity index (χ0n) is 18.7. The Balaban J connectivity index is 1.52. The largest absolute Gasteiger partial charge is 0.396 e. The first-order valence-corrected chi connectivity index (χ1v) is 11.3. The Bertz CT molecular complexity index is 667. The molecule has 7 heteroatoms. The normalized spacial score (nSPS) is 23.6. The zero-order chi connectivity index (χ0) is 21.2. The van der Waals surface area contributed by atoms with Crippen molar-refractivity contribution in [2.75, 3.05) is 66.1 Å². The molecule has 2 fully saturated rings. The molecule has 1 atom stereocenters. The first kappa shape index (κ1) is 23.0. The summed E-state index contributed by atoms with van der Waals surface area (Å²) in [5.74, 6) is 0.797. The van der Waals surface area contributed by atoms with Crippen LogP contribution in [0.4, 0.5) is 0 Å². The molecule has 0 spiro atoms. The summed E-state index contributed by atoms with van der Waals surface area (Å²) in [5.41, 5.74) is 2.70. The molecule has 1 aromatic carbocycles. The second-order valence-corrected chi connectivity index (χ2v) is 8.53. The molecule has 0 radical (unpaired) electrons. The number of aliphatic imine (C=N–C) groups is 1. The van der Waals surface area contributed by atoms with Gasteiger partial charge in [-0.05, 0) is 30.5 Å². The second-order valence-electron chi connectivity index (χ2n) is 8.53. The lowest BCUT2D eigenvalue weighted by Gasteiger charge is -2.34. The standard InChI is InChI=1S/C23H39N5O2/c1-3-27-10-12-28(13-11-27)17-21-7-5-4-6-20(21)16-25-22(24-2)26-18-23(8-14-29)9-15-30-19-23/h4-7,29H,3,8-19H2,1-2H3,(H2,24,25,26). The smallest absolute Gasteiger partial charge is 0.191 e. The summed E-state index contributed by atoms with van der Waals surface area (Å²) in [4.78, 5) is 9.46. The molecule has 3 rings (SSSR count). The van der Waals surface area contributed by atoms with Gasteiger partial charge in [-0.15, -0.1) is 0 Å². The summed E-state index contributed by atoms with van der Waals surface area (Å²) >= 11 is 0. The van der Waals surface area contributed by atoms with E-state index in [-0.39, 0.29) is 12.0 Å². The fourth-order valence-electron chi connectivity index (χ4n) is 4.37. The lowest BCUT2D eigenvalue weighted by Crippen LogP contribution is -2.46. The molecular formula is C23H39N5O2. The van der Waals surface area contributed by atoms with Crippen molar-refractivity contribution < 1.29 is 9.84 Å². The highest BCUT2D eigenvalue weighted by Gasteiger charge is 2.34. The maximum Gasteiger partial charge on any atom is 0.191 e. The van der Waals surface area contributed by atoms with Gasteiger partial charge in [-0.1, -0.05) is 31.2 Å². The number of hydrogen-bond donors (Lipinski definition) is 3. The van der Waals surface area contributed by atoms with Gasteiger partial charge < -0.3 is 25.4 Å². The van der Waals surface area contributed by atoms with Crippen LogP contribution >= 0.6 is 0 Å². The molecule has 168 valence electrons. The van der Waals surface area contributed by atoms with E-state index >= 15 is 0 Å². The zero-order valence-corrected chi connectivity index (χ0v) is 18.7. The van der Waals surface area contributed by atoms with Crippen molar-refractivity contribution in [1.29, 1.82) is 0 Å². The molecule has 0 amide bonds. The van der Waals surface area contributed by atoms with Crippen LogP contribution in [0.5, 0.6) is 0 Å². The number of guanidine groups is 1. The minimum atomic E-state index is 0.00487. The highest BCUT2D eigenvalue weighted by molar-refractivity contribution is 5.79. The van der Waals surface area contributed by atoms with Gasteiger partial charge in [0.05, 0.1) is 6.61 Å². The monoisotopic (exact) mass is 417 g/mol. The van der Waals surface area contributed by atoms with E-state index in [0.29, 0.717) is 6.61 Å². The molecule has 3 N–H and O–H groups in total. The predicted molar refractivity (Wildman–Crippen MR) is 122 cm³/mol. The van der Waals surface area contributed by atoms with Crippen molar-refractivity contribution in [3.05, 3.63) is 35.4 Å². The third kappa shape index (κ3) is 6.41. The summed E-state index contributed by atoms with van der Waals surface area (Å²) in [5, 5.41) is 16.3. The highest BCUT2D eigenvalue weighted by Crippen LogP contribution is 2.31. The molecule has 1 unspecified atom stereocenters. The lowest BCUT2D eigenvalue weighted by atomic mass is 9.84.